The summed E-state index contributed by atoms with van der Waals surface area (Å²) in [5.74, 6) is -2.38. The number of carboxylic acids is 1. The van der Waals surface area contributed by atoms with Crippen molar-refractivity contribution in [1.29, 1.82) is 0 Å². The van der Waals surface area contributed by atoms with Crippen molar-refractivity contribution in [3.8, 4) is 11.3 Å². The summed E-state index contributed by atoms with van der Waals surface area (Å²) in [5.41, 5.74) is -0.933. The molecule has 1 aliphatic heterocycles. The van der Waals surface area contributed by atoms with Gasteiger partial charge in [-0.2, -0.15) is 0 Å². The predicted octanol–water partition coefficient (Wildman–Crippen LogP) is 2.55. The summed E-state index contributed by atoms with van der Waals surface area (Å²) >= 11 is 0. The number of aromatic nitrogens is 1. The molecule has 0 unspecified atom stereocenters. The number of halogens is 2. The van der Waals surface area contributed by atoms with Gasteiger partial charge in [-0.3, -0.25) is 9.59 Å². The van der Waals surface area contributed by atoms with Crippen molar-refractivity contribution < 1.29 is 32.6 Å². The molecule has 0 radical (unpaired) electrons. The summed E-state index contributed by atoms with van der Waals surface area (Å²) in [4.78, 5) is 27.7. The highest BCUT2D eigenvalue weighted by Gasteiger charge is 2.40. The van der Waals surface area contributed by atoms with E-state index in [0.29, 0.717) is 26.1 Å². The van der Waals surface area contributed by atoms with Crippen LogP contribution in [0.2, 0.25) is 0 Å². The van der Waals surface area contributed by atoms with E-state index in [1.165, 1.54) is 12.3 Å². The number of nitrogens with zero attached hydrogens (tertiary/aromatic N) is 1. The molecule has 1 amide bonds. The highest BCUT2D eigenvalue weighted by Crippen LogP contribution is 2.30. The van der Waals surface area contributed by atoms with Crippen LogP contribution in [0.5, 0.6) is 0 Å². The second kappa shape index (κ2) is 8.47. The Morgan fingerprint density at radius 2 is 2.00 bits per heavy atom. The molecule has 2 aromatic rings. The Balaban J connectivity index is 1.54. The van der Waals surface area contributed by atoms with Gasteiger partial charge in [-0.05, 0) is 25.0 Å². The standard InChI is InChI=1S/C19H20F2N2O5/c20-12-1-2-13(14(21)9-12)15-10-22-17(28-15)4-3-16(24)23-11-19(18(25)26)5-7-27-8-6-19/h1-2,9-10H,3-8,11H2,(H,23,24)(H,25,26). The number of nitrogens with one attached hydrogen (secondary N) is 1. The zero-order valence-corrected chi connectivity index (χ0v) is 15.0. The van der Waals surface area contributed by atoms with Crippen molar-refractivity contribution in [1.82, 2.24) is 10.3 Å². The Bertz CT molecular complexity index is 862. The molecule has 1 aromatic heterocycles. The van der Waals surface area contributed by atoms with Crippen molar-refractivity contribution in [2.45, 2.75) is 25.7 Å². The van der Waals surface area contributed by atoms with Gasteiger partial charge in [0.1, 0.15) is 11.6 Å². The first-order valence-corrected chi connectivity index (χ1v) is 8.88. The normalized spacial score (nSPS) is 15.9. The van der Waals surface area contributed by atoms with Crippen LogP contribution in [-0.4, -0.2) is 41.7 Å². The number of ether oxygens (including phenoxy) is 1. The van der Waals surface area contributed by atoms with E-state index in [4.69, 9.17) is 9.15 Å². The van der Waals surface area contributed by atoms with Gasteiger partial charge in [0.05, 0.1) is 17.2 Å². The molecule has 0 spiro atoms. The number of hydrogen-bond acceptors (Lipinski definition) is 5. The zero-order chi connectivity index (χ0) is 20.1. The maximum absolute atomic E-state index is 13.8. The third kappa shape index (κ3) is 4.53. The van der Waals surface area contributed by atoms with Crippen molar-refractivity contribution in [2.24, 2.45) is 5.41 Å². The van der Waals surface area contributed by atoms with E-state index in [9.17, 15) is 23.5 Å². The van der Waals surface area contributed by atoms with Crippen LogP contribution in [0.4, 0.5) is 8.78 Å². The van der Waals surface area contributed by atoms with Crippen LogP contribution < -0.4 is 5.32 Å². The number of rotatable bonds is 7. The maximum Gasteiger partial charge on any atom is 0.311 e. The summed E-state index contributed by atoms with van der Waals surface area (Å²) in [6.07, 6.45) is 2.20. The van der Waals surface area contributed by atoms with Crippen LogP contribution in [0.1, 0.15) is 25.2 Å². The Labute approximate surface area is 159 Å². The number of benzene rings is 1. The van der Waals surface area contributed by atoms with Gasteiger partial charge in [0.15, 0.2) is 11.7 Å². The molecule has 0 bridgehead atoms. The molecule has 1 aromatic carbocycles. The van der Waals surface area contributed by atoms with Crippen LogP contribution in [0.3, 0.4) is 0 Å². The fourth-order valence-electron chi connectivity index (χ4n) is 3.04. The smallest absolute Gasteiger partial charge is 0.311 e. The van der Waals surface area contributed by atoms with E-state index in [2.05, 4.69) is 10.3 Å². The molecule has 0 aliphatic carbocycles. The van der Waals surface area contributed by atoms with E-state index < -0.39 is 23.0 Å². The summed E-state index contributed by atoms with van der Waals surface area (Å²) < 4.78 is 37.4. The third-order valence-corrected chi connectivity index (χ3v) is 4.84. The van der Waals surface area contributed by atoms with Gasteiger partial charge in [0.25, 0.3) is 0 Å². The SMILES string of the molecule is O=C(CCc1ncc(-c2ccc(F)cc2F)o1)NCC1(C(=O)O)CCOCC1. The molecule has 2 N–H and O–H groups in total. The van der Waals surface area contributed by atoms with Crippen LogP contribution >= 0.6 is 0 Å². The Kier molecular flexibility index (Phi) is 6.03. The lowest BCUT2D eigenvalue weighted by molar-refractivity contribution is -0.154. The third-order valence-electron chi connectivity index (χ3n) is 4.84. The molecule has 1 aliphatic rings. The van der Waals surface area contributed by atoms with E-state index in [0.717, 1.165) is 12.1 Å². The first-order valence-electron chi connectivity index (χ1n) is 8.88. The van der Waals surface area contributed by atoms with Crippen LogP contribution in [0.15, 0.2) is 28.8 Å². The second-order valence-electron chi connectivity index (χ2n) is 6.72. The Morgan fingerprint density at radius 1 is 1.25 bits per heavy atom. The molecular weight excluding hydrogens is 374 g/mol. The number of hydrogen-bond donors (Lipinski definition) is 2. The topological polar surface area (TPSA) is 102 Å². The largest absolute Gasteiger partial charge is 0.481 e. The van der Waals surface area contributed by atoms with Gasteiger partial charge in [0, 0.05) is 38.7 Å². The summed E-state index contributed by atoms with van der Waals surface area (Å²) in [5, 5.41) is 12.1. The lowest BCUT2D eigenvalue weighted by Crippen LogP contribution is -2.46. The molecule has 0 saturated carbocycles. The zero-order valence-electron chi connectivity index (χ0n) is 15.0. The van der Waals surface area contributed by atoms with Gasteiger partial charge in [-0.15, -0.1) is 0 Å². The second-order valence-corrected chi connectivity index (χ2v) is 6.72. The first-order chi connectivity index (χ1) is 13.4. The molecule has 3 rings (SSSR count). The van der Waals surface area contributed by atoms with Gasteiger partial charge in [-0.1, -0.05) is 0 Å². The lowest BCUT2D eigenvalue weighted by atomic mass is 9.80. The molecule has 150 valence electrons. The van der Waals surface area contributed by atoms with Crippen molar-refractivity contribution in [3.05, 3.63) is 41.9 Å². The number of aliphatic carboxylic acids is 1. The number of carbonyl (C=O) groups excluding carboxylic acids is 1. The van der Waals surface area contributed by atoms with E-state index >= 15 is 0 Å². The average molecular weight is 394 g/mol. The minimum atomic E-state index is -1.01. The molecule has 2 heterocycles. The fourth-order valence-corrected chi connectivity index (χ4v) is 3.04. The lowest BCUT2D eigenvalue weighted by Gasteiger charge is -2.33. The molecule has 28 heavy (non-hydrogen) atoms. The quantitative estimate of drug-likeness (QED) is 0.748. The van der Waals surface area contributed by atoms with Crippen molar-refractivity contribution >= 4 is 11.9 Å². The number of carboxylic acid groups (broad SMARTS) is 1. The van der Waals surface area contributed by atoms with Crippen LogP contribution in [0.25, 0.3) is 11.3 Å². The fraction of sp³-hybridized carbons (Fsp3) is 0.421. The molecule has 0 atom stereocenters. The van der Waals surface area contributed by atoms with Gasteiger partial charge in [0.2, 0.25) is 5.91 Å². The minimum absolute atomic E-state index is 0.0299. The maximum atomic E-state index is 13.8. The number of oxazole rings is 1. The molecule has 1 fully saturated rings. The van der Waals surface area contributed by atoms with Crippen LogP contribution in [-0.2, 0) is 20.7 Å². The van der Waals surface area contributed by atoms with E-state index in [1.54, 1.807) is 0 Å². The Morgan fingerprint density at radius 3 is 2.68 bits per heavy atom. The van der Waals surface area contributed by atoms with Crippen molar-refractivity contribution in [3.63, 3.8) is 0 Å². The minimum Gasteiger partial charge on any atom is -0.481 e. The van der Waals surface area contributed by atoms with Gasteiger partial charge in [-0.25, -0.2) is 13.8 Å². The number of carbonyl (C=O) groups is 2. The number of amides is 1. The molecular formula is C19H20F2N2O5. The van der Waals surface area contributed by atoms with Gasteiger partial charge >= 0.3 is 5.97 Å². The first kappa shape index (κ1) is 19.9. The summed E-state index contributed by atoms with van der Waals surface area (Å²) in [7, 11) is 0. The van der Waals surface area contributed by atoms with Crippen molar-refractivity contribution in [2.75, 3.05) is 19.8 Å². The number of aryl methyl sites for hydroxylation is 1. The molecule has 1 saturated heterocycles. The monoisotopic (exact) mass is 394 g/mol. The highest BCUT2D eigenvalue weighted by atomic mass is 19.1. The average Bonchev–Trinajstić information content (AvgIpc) is 3.14. The summed E-state index contributed by atoms with van der Waals surface area (Å²) in [6, 6.07) is 3.11. The summed E-state index contributed by atoms with van der Waals surface area (Å²) in [6.45, 7) is 0.727. The Hall–Kier alpha value is -2.81. The van der Waals surface area contributed by atoms with E-state index in [1.807, 2.05) is 0 Å². The van der Waals surface area contributed by atoms with Crippen LogP contribution in [0, 0.1) is 17.0 Å². The molecule has 9 heteroatoms. The van der Waals surface area contributed by atoms with Gasteiger partial charge < -0.3 is 19.6 Å². The molecule has 7 nitrogen and oxygen atoms in total. The predicted molar refractivity (Wildman–Crippen MR) is 93.3 cm³/mol. The van der Waals surface area contributed by atoms with E-state index in [-0.39, 0.29) is 42.5 Å². The highest BCUT2D eigenvalue weighted by molar-refractivity contribution is 5.79.